The van der Waals surface area contributed by atoms with Gasteiger partial charge in [-0.3, -0.25) is 0 Å². The number of nitrogens with two attached hydrogens (primary N) is 1. The molecule has 7 rings (SSSR count). The Morgan fingerprint density at radius 1 is 1.00 bits per heavy atom. The fourth-order valence-corrected chi connectivity index (χ4v) is 8.42. The molecule has 2 spiro atoms. The molecule has 2 nitrogen and oxygen atoms in total. The number of fused-ring (bicyclic) bond motifs is 2. The second-order valence-corrected chi connectivity index (χ2v) is 11.3. The predicted molar refractivity (Wildman–Crippen MR) is 126 cm³/mol. The van der Waals surface area contributed by atoms with Crippen LogP contribution in [-0.2, 0) is 4.74 Å². The number of allylic oxidation sites excluding steroid dienone is 1. The van der Waals surface area contributed by atoms with Crippen LogP contribution in [0.3, 0.4) is 0 Å². The van der Waals surface area contributed by atoms with Crippen molar-refractivity contribution in [1.82, 2.24) is 0 Å². The normalized spacial score (nSPS) is 43.1. The topological polar surface area (TPSA) is 35.2 Å². The molecule has 2 heterocycles. The zero-order valence-corrected chi connectivity index (χ0v) is 18.6. The van der Waals surface area contributed by atoms with E-state index in [0.717, 1.165) is 25.7 Å². The molecule has 2 aromatic rings. The van der Waals surface area contributed by atoms with Crippen molar-refractivity contribution in [3.8, 4) is 0 Å². The molecule has 160 valence electrons. The van der Waals surface area contributed by atoms with Gasteiger partial charge < -0.3 is 10.5 Å². The first kappa shape index (κ1) is 18.7. The summed E-state index contributed by atoms with van der Waals surface area (Å²) in [6.07, 6.45) is 14.4. The Morgan fingerprint density at radius 3 is 2.77 bits per heavy atom. The van der Waals surface area contributed by atoms with Crippen LogP contribution >= 0.6 is 0 Å². The molecule has 2 bridgehead atoms. The fraction of sp³-hybridized carbons (Fsp3) is 0.517. The highest BCUT2D eigenvalue weighted by Crippen LogP contribution is 2.69. The minimum Gasteiger partial charge on any atom is -0.359 e. The van der Waals surface area contributed by atoms with Crippen LogP contribution in [-0.4, -0.2) is 17.2 Å². The summed E-state index contributed by atoms with van der Waals surface area (Å²) in [6.45, 7) is 2.56. The van der Waals surface area contributed by atoms with Crippen molar-refractivity contribution >= 4 is 10.8 Å². The lowest BCUT2D eigenvalue weighted by Gasteiger charge is -2.54. The SMILES string of the molecule is C[C@]12CC=C3C=C4CC[C@@H](N)CC45CC[C@]3(O5)[C@@H]1CC[C@@H]2c1ccc2ccccc2c1. The Balaban J connectivity index is 1.31. The lowest BCUT2D eigenvalue weighted by atomic mass is 9.58. The zero-order chi connectivity index (χ0) is 20.8. The summed E-state index contributed by atoms with van der Waals surface area (Å²) >= 11 is 0. The molecular weight excluding hydrogens is 378 g/mol. The first-order chi connectivity index (χ1) is 15.0. The van der Waals surface area contributed by atoms with Crippen molar-refractivity contribution in [3.05, 3.63) is 71.3 Å². The van der Waals surface area contributed by atoms with Crippen LogP contribution in [0.15, 0.2) is 65.8 Å². The lowest BCUT2D eigenvalue weighted by molar-refractivity contribution is -0.135. The van der Waals surface area contributed by atoms with Gasteiger partial charge in [-0.2, -0.15) is 0 Å². The molecule has 0 aromatic heterocycles. The Morgan fingerprint density at radius 2 is 1.87 bits per heavy atom. The van der Waals surface area contributed by atoms with Crippen LogP contribution in [0.5, 0.6) is 0 Å². The van der Waals surface area contributed by atoms with Crippen LogP contribution in [0.25, 0.3) is 10.8 Å². The molecule has 2 aromatic carbocycles. The summed E-state index contributed by atoms with van der Waals surface area (Å²) in [7, 11) is 0. The minimum absolute atomic E-state index is 0.0612. The van der Waals surface area contributed by atoms with Crippen LogP contribution < -0.4 is 5.73 Å². The quantitative estimate of drug-likeness (QED) is 0.588. The van der Waals surface area contributed by atoms with E-state index in [2.05, 4.69) is 61.5 Å². The number of hydrogen-bond donors (Lipinski definition) is 1. The number of ether oxygens (including phenoxy) is 1. The average Bonchev–Trinajstić information content (AvgIpc) is 3.28. The van der Waals surface area contributed by atoms with E-state index in [4.69, 9.17) is 10.5 Å². The van der Waals surface area contributed by atoms with Crippen molar-refractivity contribution in [2.45, 2.75) is 81.5 Å². The molecule has 1 unspecified atom stereocenters. The zero-order valence-electron chi connectivity index (χ0n) is 18.6. The monoisotopic (exact) mass is 411 g/mol. The van der Waals surface area contributed by atoms with E-state index >= 15 is 0 Å². The molecule has 3 aliphatic carbocycles. The van der Waals surface area contributed by atoms with Crippen molar-refractivity contribution in [2.24, 2.45) is 17.1 Å². The number of benzene rings is 2. The largest absolute Gasteiger partial charge is 0.359 e. The van der Waals surface area contributed by atoms with Crippen LogP contribution in [0.1, 0.15) is 69.8 Å². The van der Waals surface area contributed by atoms with Gasteiger partial charge in [0.2, 0.25) is 0 Å². The van der Waals surface area contributed by atoms with E-state index in [1.54, 1.807) is 5.57 Å². The maximum atomic E-state index is 7.27. The highest BCUT2D eigenvalue weighted by atomic mass is 16.5. The molecular formula is C29H33NO. The molecule has 1 saturated heterocycles. The van der Waals surface area contributed by atoms with E-state index in [-0.39, 0.29) is 16.6 Å². The Labute approximate surface area is 185 Å². The summed E-state index contributed by atoms with van der Waals surface area (Å²) < 4.78 is 7.27. The van der Waals surface area contributed by atoms with E-state index < -0.39 is 0 Å². The van der Waals surface area contributed by atoms with Crippen LogP contribution in [0.2, 0.25) is 0 Å². The van der Waals surface area contributed by atoms with Gasteiger partial charge in [-0.05, 0) is 96.1 Å². The highest BCUT2D eigenvalue weighted by molar-refractivity contribution is 5.83. The van der Waals surface area contributed by atoms with Gasteiger partial charge in [-0.15, -0.1) is 0 Å². The lowest BCUT2D eigenvalue weighted by Crippen LogP contribution is -2.54. The maximum absolute atomic E-state index is 7.27. The second-order valence-electron chi connectivity index (χ2n) is 11.3. The summed E-state index contributed by atoms with van der Waals surface area (Å²) in [5.74, 6) is 1.21. The third-order valence-electron chi connectivity index (χ3n) is 9.89. The smallest absolute Gasteiger partial charge is 0.0974 e. The number of hydrogen-bond acceptors (Lipinski definition) is 2. The van der Waals surface area contributed by atoms with Crippen LogP contribution in [0.4, 0.5) is 0 Å². The number of rotatable bonds is 1. The highest BCUT2D eigenvalue weighted by Gasteiger charge is 2.66. The minimum atomic E-state index is -0.0703. The van der Waals surface area contributed by atoms with E-state index in [1.165, 1.54) is 47.6 Å². The van der Waals surface area contributed by atoms with E-state index in [9.17, 15) is 0 Å². The van der Waals surface area contributed by atoms with Crippen molar-refractivity contribution in [2.75, 3.05) is 0 Å². The third kappa shape index (κ3) is 2.36. The molecule has 2 aliphatic heterocycles. The van der Waals surface area contributed by atoms with Gasteiger partial charge >= 0.3 is 0 Å². The Hall–Kier alpha value is -1.90. The molecule has 2 saturated carbocycles. The van der Waals surface area contributed by atoms with Crippen molar-refractivity contribution < 1.29 is 4.74 Å². The fourth-order valence-electron chi connectivity index (χ4n) is 8.42. The summed E-state index contributed by atoms with van der Waals surface area (Å²) in [6, 6.07) is 16.2. The van der Waals surface area contributed by atoms with E-state index in [1.807, 2.05) is 0 Å². The molecule has 0 amide bonds. The van der Waals surface area contributed by atoms with Gasteiger partial charge in [-0.1, -0.05) is 61.5 Å². The van der Waals surface area contributed by atoms with Crippen molar-refractivity contribution in [1.29, 1.82) is 0 Å². The first-order valence-corrected chi connectivity index (χ1v) is 12.4. The van der Waals surface area contributed by atoms with Gasteiger partial charge in [0.15, 0.2) is 0 Å². The molecule has 31 heavy (non-hydrogen) atoms. The Bertz CT molecular complexity index is 1150. The summed E-state index contributed by atoms with van der Waals surface area (Å²) in [4.78, 5) is 0. The van der Waals surface area contributed by atoms with Crippen molar-refractivity contribution in [3.63, 3.8) is 0 Å². The first-order valence-electron chi connectivity index (χ1n) is 12.4. The molecule has 2 heteroatoms. The maximum Gasteiger partial charge on any atom is 0.0974 e. The summed E-state index contributed by atoms with van der Waals surface area (Å²) in [5.41, 5.74) is 11.1. The summed E-state index contributed by atoms with van der Waals surface area (Å²) in [5, 5.41) is 2.71. The molecule has 5 aliphatic rings. The predicted octanol–water partition coefficient (Wildman–Crippen LogP) is 6.41. The van der Waals surface area contributed by atoms with Gasteiger partial charge in [0.1, 0.15) is 0 Å². The average molecular weight is 412 g/mol. The van der Waals surface area contributed by atoms with Gasteiger partial charge in [0, 0.05) is 6.04 Å². The third-order valence-corrected chi connectivity index (χ3v) is 9.89. The Kier molecular flexibility index (Phi) is 3.68. The van der Waals surface area contributed by atoms with Crippen LogP contribution in [0, 0.1) is 11.3 Å². The second kappa shape index (κ2) is 6.11. The molecule has 6 atom stereocenters. The molecule has 2 N–H and O–H groups in total. The molecule has 3 fully saturated rings. The van der Waals surface area contributed by atoms with Gasteiger partial charge in [0.25, 0.3) is 0 Å². The van der Waals surface area contributed by atoms with E-state index in [0.29, 0.717) is 17.9 Å². The molecule has 0 radical (unpaired) electrons. The standard InChI is InChI=1S/C29H33NO/c1-27-13-12-23-17-22-8-9-24(30)18-28(22)14-15-29(23,31-28)26(27)11-10-25(27)21-7-6-19-4-2-3-5-20(19)16-21/h2-7,12,16-17,24-26H,8-11,13-15,18,30H2,1H3/t24-,25-,26-,27-,28?,29-/m1/s1. The van der Waals surface area contributed by atoms with Gasteiger partial charge in [-0.25, -0.2) is 0 Å². The van der Waals surface area contributed by atoms with Gasteiger partial charge in [0.05, 0.1) is 11.2 Å².